The first kappa shape index (κ1) is 15.5. The average molecular weight is 333 g/mol. The minimum Gasteiger partial charge on any atom is -0.336 e. The van der Waals surface area contributed by atoms with Gasteiger partial charge in [-0.25, -0.2) is 0 Å². The van der Waals surface area contributed by atoms with E-state index in [0.29, 0.717) is 10.6 Å². The topological polar surface area (TPSA) is 20.3 Å². The zero-order valence-electron chi connectivity index (χ0n) is 11.0. The van der Waals surface area contributed by atoms with Crippen molar-refractivity contribution in [1.82, 2.24) is 4.90 Å². The smallest absolute Gasteiger partial charge is 0.254 e. The number of carbonyl (C=O) groups excluding carboxylic acids is 1. The van der Waals surface area contributed by atoms with Gasteiger partial charge in [0.1, 0.15) is 0 Å². The Bertz CT molecular complexity index is 420. The number of amides is 1. The number of benzene rings is 1. The number of nitrogens with zero attached hydrogens (tertiary/aromatic N) is 1. The molecule has 1 amide bonds. The van der Waals surface area contributed by atoms with Crippen LogP contribution in [0.2, 0.25) is 5.02 Å². The number of halogens is 2. The van der Waals surface area contributed by atoms with Gasteiger partial charge in [0.2, 0.25) is 0 Å². The Morgan fingerprint density at radius 1 is 1.44 bits per heavy atom. The van der Waals surface area contributed by atoms with E-state index < -0.39 is 0 Å². The lowest BCUT2D eigenvalue weighted by Crippen LogP contribution is -2.38. The maximum atomic E-state index is 12.5. The second kappa shape index (κ2) is 7.15. The molecule has 0 heterocycles. The first-order chi connectivity index (χ1) is 8.49. The summed E-state index contributed by atoms with van der Waals surface area (Å²) in [5.41, 5.74) is 1.56. The molecule has 1 rings (SSSR count). The van der Waals surface area contributed by atoms with Crippen molar-refractivity contribution in [3.05, 3.63) is 34.3 Å². The number of alkyl halides is 1. The van der Waals surface area contributed by atoms with Crippen molar-refractivity contribution in [1.29, 1.82) is 0 Å². The molecule has 0 spiro atoms. The van der Waals surface area contributed by atoms with Crippen molar-refractivity contribution in [2.75, 3.05) is 11.9 Å². The Morgan fingerprint density at radius 2 is 2.11 bits per heavy atom. The highest BCUT2D eigenvalue weighted by molar-refractivity contribution is 9.09. The first-order valence-corrected chi connectivity index (χ1v) is 7.61. The summed E-state index contributed by atoms with van der Waals surface area (Å²) in [6.07, 6.45) is 0.948. The van der Waals surface area contributed by atoms with Crippen LogP contribution in [-0.4, -0.2) is 28.7 Å². The highest BCUT2D eigenvalue weighted by Gasteiger charge is 2.20. The van der Waals surface area contributed by atoms with Gasteiger partial charge >= 0.3 is 0 Å². The standard InChI is InChI=1S/C14H19BrClNO/c1-10(2)17(9-5-8-15)14(18)12-6-4-7-13(16)11(12)3/h4,6-7,10H,5,8-9H2,1-3H3. The summed E-state index contributed by atoms with van der Waals surface area (Å²) in [5.74, 6) is 0.0611. The van der Waals surface area contributed by atoms with Gasteiger partial charge in [-0.05, 0) is 44.9 Å². The van der Waals surface area contributed by atoms with Gasteiger partial charge < -0.3 is 4.90 Å². The molecule has 18 heavy (non-hydrogen) atoms. The van der Waals surface area contributed by atoms with E-state index in [2.05, 4.69) is 15.9 Å². The van der Waals surface area contributed by atoms with E-state index in [-0.39, 0.29) is 11.9 Å². The van der Waals surface area contributed by atoms with Gasteiger partial charge in [0.05, 0.1) is 0 Å². The molecule has 2 nitrogen and oxygen atoms in total. The van der Waals surface area contributed by atoms with Gasteiger partial charge in [-0.1, -0.05) is 33.6 Å². The van der Waals surface area contributed by atoms with Crippen LogP contribution < -0.4 is 0 Å². The molecule has 1 aromatic carbocycles. The third-order valence-corrected chi connectivity index (χ3v) is 3.89. The summed E-state index contributed by atoms with van der Waals surface area (Å²) in [7, 11) is 0. The molecule has 4 heteroatoms. The van der Waals surface area contributed by atoms with Crippen LogP contribution in [0.25, 0.3) is 0 Å². The van der Waals surface area contributed by atoms with Crippen molar-refractivity contribution in [2.24, 2.45) is 0 Å². The predicted molar refractivity (Wildman–Crippen MR) is 80.8 cm³/mol. The minimum atomic E-state index is 0.0611. The van der Waals surface area contributed by atoms with Crippen molar-refractivity contribution >= 4 is 33.4 Å². The first-order valence-electron chi connectivity index (χ1n) is 6.11. The van der Waals surface area contributed by atoms with Gasteiger partial charge in [0, 0.05) is 28.5 Å². The van der Waals surface area contributed by atoms with Crippen LogP contribution >= 0.6 is 27.5 Å². The number of hydrogen-bond acceptors (Lipinski definition) is 1. The fraction of sp³-hybridized carbons (Fsp3) is 0.500. The van der Waals surface area contributed by atoms with Crippen LogP contribution in [-0.2, 0) is 0 Å². The van der Waals surface area contributed by atoms with Crippen LogP contribution in [0.4, 0.5) is 0 Å². The summed E-state index contributed by atoms with van der Waals surface area (Å²) in [4.78, 5) is 14.4. The molecular weight excluding hydrogens is 314 g/mol. The van der Waals surface area contributed by atoms with E-state index in [9.17, 15) is 4.79 Å². The molecule has 0 saturated carbocycles. The third-order valence-electron chi connectivity index (χ3n) is 2.91. The van der Waals surface area contributed by atoms with Crippen LogP contribution in [0.3, 0.4) is 0 Å². The van der Waals surface area contributed by atoms with Gasteiger partial charge in [-0.15, -0.1) is 0 Å². The molecule has 0 atom stereocenters. The highest BCUT2D eigenvalue weighted by Crippen LogP contribution is 2.21. The average Bonchev–Trinajstić information content (AvgIpc) is 2.32. The zero-order chi connectivity index (χ0) is 13.7. The molecule has 1 aromatic rings. The fourth-order valence-electron chi connectivity index (χ4n) is 1.82. The molecule has 0 radical (unpaired) electrons. The van der Waals surface area contributed by atoms with Crippen LogP contribution in [0, 0.1) is 6.92 Å². The predicted octanol–water partition coefficient (Wildman–Crippen LogP) is 4.28. The Kier molecular flexibility index (Phi) is 6.16. The van der Waals surface area contributed by atoms with Gasteiger partial charge in [-0.3, -0.25) is 4.79 Å². The minimum absolute atomic E-state index is 0.0611. The lowest BCUT2D eigenvalue weighted by molar-refractivity contribution is 0.0706. The summed E-state index contributed by atoms with van der Waals surface area (Å²) in [6, 6.07) is 5.67. The van der Waals surface area contributed by atoms with Crippen molar-refractivity contribution in [2.45, 2.75) is 33.2 Å². The van der Waals surface area contributed by atoms with E-state index in [1.807, 2.05) is 43.9 Å². The molecule has 100 valence electrons. The zero-order valence-corrected chi connectivity index (χ0v) is 13.4. The molecule has 0 aliphatic carbocycles. The SMILES string of the molecule is Cc1c(Cl)cccc1C(=O)N(CCCBr)C(C)C. The Hall–Kier alpha value is -0.540. The lowest BCUT2D eigenvalue weighted by atomic mass is 10.1. The van der Waals surface area contributed by atoms with E-state index >= 15 is 0 Å². The second-order valence-corrected chi connectivity index (χ2v) is 5.75. The molecule has 0 saturated heterocycles. The summed E-state index contributed by atoms with van der Waals surface area (Å²) in [5, 5.41) is 1.54. The van der Waals surface area contributed by atoms with E-state index in [1.165, 1.54) is 0 Å². The van der Waals surface area contributed by atoms with Crippen LogP contribution in [0.1, 0.15) is 36.2 Å². The molecule has 0 bridgehead atoms. The van der Waals surface area contributed by atoms with Crippen molar-refractivity contribution in [3.8, 4) is 0 Å². The molecule has 0 aromatic heterocycles. The molecule has 0 aliphatic rings. The molecular formula is C14H19BrClNO. The molecule has 0 unspecified atom stereocenters. The quantitative estimate of drug-likeness (QED) is 0.737. The van der Waals surface area contributed by atoms with E-state index in [1.54, 1.807) is 0 Å². The van der Waals surface area contributed by atoms with Crippen molar-refractivity contribution in [3.63, 3.8) is 0 Å². The van der Waals surface area contributed by atoms with Gasteiger partial charge in [0.25, 0.3) is 5.91 Å². The molecule has 0 aliphatic heterocycles. The fourth-order valence-corrected chi connectivity index (χ4v) is 2.24. The Morgan fingerprint density at radius 3 is 2.67 bits per heavy atom. The van der Waals surface area contributed by atoms with E-state index in [0.717, 1.165) is 23.9 Å². The molecule has 0 N–H and O–H groups in total. The Balaban J connectivity index is 2.98. The Labute approximate surface area is 122 Å². The summed E-state index contributed by atoms with van der Waals surface area (Å²) >= 11 is 9.47. The van der Waals surface area contributed by atoms with Crippen LogP contribution in [0.15, 0.2) is 18.2 Å². The summed E-state index contributed by atoms with van der Waals surface area (Å²) < 4.78 is 0. The largest absolute Gasteiger partial charge is 0.336 e. The van der Waals surface area contributed by atoms with Crippen molar-refractivity contribution < 1.29 is 4.79 Å². The second-order valence-electron chi connectivity index (χ2n) is 4.55. The number of rotatable bonds is 5. The highest BCUT2D eigenvalue weighted by atomic mass is 79.9. The van der Waals surface area contributed by atoms with Crippen LogP contribution in [0.5, 0.6) is 0 Å². The third kappa shape index (κ3) is 3.72. The van der Waals surface area contributed by atoms with E-state index in [4.69, 9.17) is 11.6 Å². The maximum absolute atomic E-state index is 12.5. The molecule has 0 fully saturated rings. The summed E-state index contributed by atoms with van der Waals surface area (Å²) in [6.45, 7) is 6.71. The maximum Gasteiger partial charge on any atom is 0.254 e. The number of carbonyl (C=O) groups is 1. The van der Waals surface area contributed by atoms with Gasteiger partial charge in [-0.2, -0.15) is 0 Å². The number of hydrogen-bond donors (Lipinski definition) is 0. The van der Waals surface area contributed by atoms with Gasteiger partial charge in [0.15, 0.2) is 0 Å². The monoisotopic (exact) mass is 331 g/mol. The lowest BCUT2D eigenvalue weighted by Gasteiger charge is -2.27. The normalized spacial score (nSPS) is 10.8.